The molecular weight excluding hydrogens is 267 g/mol. The quantitative estimate of drug-likeness (QED) is 0.606. The van der Waals surface area contributed by atoms with Gasteiger partial charge in [-0.15, -0.1) is 0 Å². The van der Waals surface area contributed by atoms with Crippen LogP contribution in [0.3, 0.4) is 0 Å². The van der Waals surface area contributed by atoms with Crippen LogP contribution in [0.4, 0.5) is 0 Å². The number of rotatable bonds is 1. The molecule has 0 aliphatic carbocycles. The SMILES string of the molecule is Clc1cccc(-c2cc3cccnc3nc2Cl)c1. The number of pyridine rings is 2. The van der Waals surface area contributed by atoms with Crippen LogP contribution in [0.1, 0.15) is 0 Å². The highest BCUT2D eigenvalue weighted by molar-refractivity contribution is 6.33. The predicted molar refractivity (Wildman–Crippen MR) is 75.0 cm³/mol. The average Bonchev–Trinajstić information content (AvgIpc) is 2.38. The molecule has 0 aliphatic heterocycles. The Morgan fingerprint density at radius 3 is 2.67 bits per heavy atom. The third-order valence-corrected chi connectivity index (χ3v) is 3.20. The van der Waals surface area contributed by atoms with Gasteiger partial charge in [0.15, 0.2) is 5.65 Å². The molecule has 3 aromatic rings. The maximum absolute atomic E-state index is 6.20. The molecule has 0 spiro atoms. The van der Waals surface area contributed by atoms with Gasteiger partial charge in [0.1, 0.15) is 5.15 Å². The van der Waals surface area contributed by atoms with E-state index in [1.165, 1.54) is 0 Å². The number of hydrogen-bond acceptors (Lipinski definition) is 2. The van der Waals surface area contributed by atoms with Crippen LogP contribution >= 0.6 is 23.2 Å². The lowest BCUT2D eigenvalue weighted by Crippen LogP contribution is -1.88. The highest BCUT2D eigenvalue weighted by atomic mass is 35.5. The third-order valence-electron chi connectivity index (χ3n) is 2.68. The van der Waals surface area contributed by atoms with Crippen molar-refractivity contribution in [3.8, 4) is 11.1 Å². The van der Waals surface area contributed by atoms with Crippen LogP contribution in [0.25, 0.3) is 22.2 Å². The van der Waals surface area contributed by atoms with Crippen molar-refractivity contribution in [2.75, 3.05) is 0 Å². The van der Waals surface area contributed by atoms with Crippen molar-refractivity contribution in [2.24, 2.45) is 0 Å². The van der Waals surface area contributed by atoms with Crippen molar-refractivity contribution in [1.82, 2.24) is 9.97 Å². The number of fused-ring (bicyclic) bond motifs is 1. The maximum atomic E-state index is 6.20. The Balaban J connectivity index is 2.26. The van der Waals surface area contributed by atoms with Crippen LogP contribution in [-0.4, -0.2) is 9.97 Å². The standard InChI is InChI=1S/C14H8Cl2N2/c15-11-5-1-3-9(7-11)12-8-10-4-2-6-17-14(10)18-13(12)16/h1-8H. The number of benzene rings is 1. The molecule has 3 rings (SSSR count). The van der Waals surface area contributed by atoms with Gasteiger partial charge < -0.3 is 0 Å². The summed E-state index contributed by atoms with van der Waals surface area (Å²) in [6.45, 7) is 0. The minimum absolute atomic E-state index is 0.434. The molecule has 0 bridgehead atoms. The van der Waals surface area contributed by atoms with Gasteiger partial charge >= 0.3 is 0 Å². The summed E-state index contributed by atoms with van der Waals surface area (Å²) >= 11 is 12.2. The third kappa shape index (κ3) is 2.05. The molecule has 2 aromatic heterocycles. The fraction of sp³-hybridized carbons (Fsp3) is 0. The molecule has 1 aromatic carbocycles. The summed E-state index contributed by atoms with van der Waals surface area (Å²) in [6.07, 6.45) is 1.70. The highest BCUT2D eigenvalue weighted by Crippen LogP contribution is 2.30. The second-order valence-corrected chi connectivity index (χ2v) is 4.68. The Morgan fingerprint density at radius 2 is 1.83 bits per heavy atom. The van der Waals surface area contributed by atoms with Crippen LogP contribution < -0.4 is 0 Å². The molecule has 0 aliphatic rings. The van der Waals surface area contributed by atoms with Crippen LogP contribution in [0.2, 0.25) is 10.2 Å². The van der Waals surface area contributed by atoms with Crippen LogP contribution in [0.15, 0.2) is 48.7 Å². The van der Waals surface area contributed by atoms with Gasteiger partial charge in [0.2, 0.25) is 0 Å². The van der Waals surface area contributed by atoms with E-state index in [2.05, 4.69) is 9.97 Å². The minimum Gasteiger partial charge on any atom is -0.237 e. The highest BCUT2D eigenvalue weighted by Gasteiger charge is 2.08. The van der Waals surface area contributed by atoms with E-state index < -0.39 is 0 Å². The molecule has 88 valence electrons. The van der Waals surface area contributed by atoms with E-state index in [0.717, 1.165) is 16.5 Å². The van der Waals surface area contributed by atoms with Crippen LogP contribution in [0, 0.1) is 0 Å². The Bertz CT molecular complexity index is 726. The van der Waals surface area contributed by atoms with Crippen molar-refractivity contribution in [3.63, 3.8) is 0 Å². The summed E-state index contributed by atoms with van der Waals surface area (Å²) in [4.78, 5) is 8.47. The monoisotopic (exact) mass is 274 g/mol. The molecule has 0 fully saturated rings. The lowest BCUT2D eigenvalue weighted by Gasteiger charge is -2.06. The first-order chi connectivity index (χ1) is 8.74. The topological polar surface area (TPSA) is 25.8 Å². The van der Waals surface area contributed by atoms with Crippen molar-refractivity contribution < 1.29 is 0 Å². The van der Waals surface area contributed by atoms with Gasteiger partial charge in [-0.05, 0) is 35.9 Å². The van der Waals surface area contributed by atoms with Crippen molar-refractivity contribution in [2.45, 2.75) is 0 Å². The Morgan fingerprint density at radius 1 is 0.944 bits per heavy atom. The Hall–Kier alpha value is -1.64. The summed E-state index contributed by atoms with van der Waals surface area (Å²) in [5, 5.41) is 2.06. The molecule has 18 heavy (non-hydrogen) atoms. The van der Waals surface area contributed by atoms with Gasteiger partial charge in [0.05, 0.1) is 0 Å². The molecule has 0 saturated carbocycles. The van der Waals surface area contributed by atoms with Crippen LogP contribution in [-0.2, 0) is 0 Å². The molecule has 0 atom stereocenters. The van der Waals surface area contributed by atoms with Gasteiger partial charge in [-0.3, -0.25) is 0 Å². The first-order valence-electron chi connectivity index (χ1n) is 5.41. The molecule has 0 unspecified atom stereocenters. The van der Waals surface area contributed by atoms with Gasteiger partial charge in [0.25, 0.3) is 0 Å². The van der Waals surface area contributed by atoms with E-state index >= 15 is 0 Å². The largest absolute Gasteiger partial charge is 0.237 e. The summed E-state index contributed by atoms with van der Waals surface area (Å²) in [7, 11) is 0. The van der Waals surface area contributed by atoms with E-state index in [4.69, 9.17) is 23.2 Å². The van der Waals surface area contributed by atoms with E-state index in [0.29, 0.717) is 15.8 Å². The van der Waals surface area contributed by atoms with Crippen molar-refractivity contribution in [1.29, 1.82) is 0 Å². The zero-order valence-electron chi connectivity index (χ0n) is 9.27. The van der Waals surface area contributed by atoms with Gasteiger partial charge in [-0.1, -0.05) is 35.3 Å². The second kappa shape index (κ2) is 4.56. The first kappa shape index (κ1) is 11.5. The molecule has 0 amide bonds. The Labute approximate surface area is 114 Å². The summed E-state index contributed by atoms with van der Waals surface area (Å²) in [5.74, 6) is 0. The molecule has 0 N–H and O–H groups in total. The van der Waals surface area contributed by atoms with Crippen LogP contribution in [0.5, 0.6) is 0 Å². The molecular formula is C14H8Cl2N2. The van der Waals surface area contributed by atoms with E-state index in [1.54, 1.807) is 6.20 Å². The predicted octanol–water partition coefficient (Wildman–Crippen LogP) is 4.60. The summed E-state index contributed by atoms with van der Waals surface area (Å²) in [6, 6.07) is 13.3. The van der Waals surface area contributed by atoms with E-state index in [-0.39, 0.29) is 0 Å². The number of aromatic nitrogens is 2. The Kier molecular flexibility index (Phi) is 2.90. The minimum atomic E-state index is 0.434. The van der Waals surface area contributed by atoms with Gasteiger partial charge in [-0.25, -0.2) is 9.97 Å². The van der Waals surface area contributed by atoms with Crippen molar-refractivity contribution in [3.05, 3.63) is 58.8 Å². The van der Waals surface area contributed by atoms with Gasteiger partial charge in [-0.2, -0.15) is 0 Å². The smallest absolute Gasteiger partial charge is 0.160 e. The first-order valence-corrected chi connectivity index (χ1v) is 6.17. The molecule has 2 nitrogen and oxygen atoms in total. The molecule has 0 saturated heterocycles. The average molecular weight is 275 g/mol. The number of hydrogen-bond donors (Lipinski definition) is 0. The fourth-order valence-corrected chi connectivity index (χ4v) is 2.28. The number of halogens is 2. The lowest BCUT2D eigenvalue weighted by molar-refractivity contribution is 1.29. The summed E-state index contributed by atoms with van der Waals surface area (Å²) < 4.78 is 0. The zero-order valence-corrected chi connectivity index (χ0v) is 10.8. The fourth-order valence-electron chi connectivity index (χ4n) is 1.84. The van der Waals surface area contributed by atoms with E-state index in [1.807, 2.05) is 42.5 Å². The zero-order chi connectivity index (χ0) is 12.5. The van der Waals surface area contributed by atoms with E-state index in [9.17, 15) is 0 Å². The van der Waals surface area contributed by atoms with Gasteiger partial charge in [0, 0.05) is 22.2 Å². The summed E-state index contributed by atoms with van der Waals surface area (Å²) in [5.41, 5.74) is 2.46. The molecule has 0 radical (unpaired) electrons. The normalized spacial score (nSPS) is 10.8. The molecule has 4 heteroatoms. The molecule has 2 heterocycles. The second-order valence-electron chi connectivity index (χ2n) is 3.89. The van der Waals surface area contributed by atoms with Crippen molar-refractivity contribution >= 4 is 34.2 Å². The maximum Gasteiger partial charge on any atom is 0.160 e. The lowest BCUT2D eigenvalue weighted by atomic mass is 10.1. The number of nitrogens with zero attached hydrogens (tertiary/aromatic N) is 2.